The molecule has 13 nitrogen and oxygen atoms in total. The fourth-order valence-corrected chi connectivity index (χ4v) is 8.50. The number of aryl methyl sites for hydroxylation is 1. The number of nitrogens with two attached hydrogens (primary N) is 1. The predicted molar refractivity (Wildman–Crippen MR) is 180 cm³/mol. The van der Waals surface area contributed by atoms with Gasteiger partial charge in [0.05, 0.1) is 24.8 Å². The first kappa shape index (κ1) is 38.4. The summed E-state index contributed by atoms with van der Waals surface area (Å²) in [5.74, 6) is -0.382. The van der Waals surface area contributed by atoms with E-state index in [0.29, 0.717) is 12.8 Å². The van der Waals surface area contributed by atoms with Gasteiger partial charge in [0.25, 0.3) is 15.7 Å². The van der Waals surface area contributed by atoms with E-state index < -0.39 is 62.0 Å². The Morgan fingerprint density at radius 1 is 1.04 bits per heavy atom. The first-order chi connectivity index (χ1) is 20.8. The second kappa shape index (κ2) is 13.1. The lowest BCUT2D eigenvalue weighted by molar-refractivity contribution is -0.140. The Morgan fingerprint density at radius 2 is 1.63 bits per heavy atom. The van der Waals surface area contributed by atoms with Crippen LogP contribution in [0, 0.1) is 6.92 Å². The summed E-state index contributed by atoms with van der Waals surface area (Å²) in [7, 11) is -8.06. The van der Waals surface area contributed by atoms with Gasteiger partial charge in [-0.3, -0.25) is 18.7 Å². The van der Waals surface area contributed by atoms with Gasteiger partial charge in [-0.2, -0.15) is 8.42 Å². The van der Waals surface area contributed by atoms with Crippen LogP contribution in [-0.2, 0) is 44.0 Å². The Balaban J connectivity index is 2.22. The van der Waals surface area contributed by atoms with E-state index >= 15 is 0 Å². The monoisotopic (exact) mass is 703 g/mol. The third-order valence-electron chi connectivity index (χ3n) is 9.95. The number of hydrogen-bond acceptors (Lipinski definition) is 11. The average molecular weight is 704 g/mol. The molecule has 16 heteroatoms. The minimum absolute atomic E-state index is 0.0484. The Labute approximate surface area is 274 Å². The van der Waals surface area contributed by atoms with Crippen LogP contribution in [-0.4, -0.2) is 71.7 Å². The first-order valence-electron chi connectivity index (χ1n) is 15.6. The quantitative estimate of drug-likeness (QED) is 0.154. The smallest absolute Gasteiger partial charge is 0.333 e. The molecule has 1 aromatic rings. The van der Waals surface area contributed by atoms with Crippen molar-refractivity contribution in [3.63, 3.8) is 0 Å². The van der Waals surface area contributed by atoms with Crippen LogP contribution in [0.4, 0.5) is 0 Å². The van der Waals surface area contributed by atoms with E-state index in [-0.39, 0.29) is 46.9 Å². The average Bonchev–Trinajstić information content (AvgIpc) is 3.33. The number of carbonyl (C=O) groups is 1. The Kier molecular flexibility index (Phi) is 10.9. The molecule has 1 aromatic heterocycles. The SMILES string of the molecule is COC(=O)CCCCn1c(=O)c(C)cn(C2OC(CO[Si](C)(C)C(C)(C)C)C3(OS(=O)(=O)C=C3N)C2O[Si](C)(C)C(C)(C)C)c1=O. The summed E-state index contributed by atoms with van der Waals surface area (Å²) in [6.07, 6.45) is -1.18. The largest absolute Gasteiger partial charge is 0.469 e. The highest BCUT2D eigenvalue weighted by atomic mass is 32.2. The summed E-state index contributed by atoms with van der Waals surface area (Å²) in [4.78, 5) is 38.8. The van der Waals surface area contributed by atoms with Gasteiger partial charge in [-0.15, -0.1) is 0 Å². The van der Waals surface area contributed by atoms with Crippen molar-refractivity contribution in [3.05, 3.63) is 43.7 Å². The first-order valence-corrected chi connectivity index (χ1v) is 22.9. The van der Waals surface area contributed by atoms with Gasteiger partial charge in [0.15, 0.2) is 28.5 Å². The molecule has 1 spiro atoms. The lowest BCUT2D eigenvalue weighted by Crippen LogP contribution is -2.59. The van der Waals surface area contributed by atoms with Gasteiger partial charge in [0.2, 0.25) is 0 Å². The van der Waals surface area contributed by atoms with E-state index in [0.717, 1.165) is 9.98 Å². The molecule has 1 fully saturated rings. The maximum absolute atomic E-state index is 14.1. The van der Waals surface area contributed by atoms with E-state index in [4.69, 9.17) is 28.2 Å². The molecule has 2 N–H and O–H groups in total. The topological polar surface area (TPSA) is 167 Å². The van der Waals surface area contributed by atoms with Crippen molar-refractivity contribution in [1.29, 1.82) is 0 Å². The zero-order chi connectivity index (χ0) is 35.3. The second-order valence-corrected chi connectivity index (χ2v) is 26.3. The number of ether oxygens (including phenoxy) is 2. The van der Waals surface area contributed by atoms with Crippen molar-refractivity contribution in [2.45, 2.75) is 135 Å². The van der Waals surface area contributed by atoms with Crippen molar-refractivity contribution < 1.29 is 35.7 Å². The van der Waals surface area contributed by atoms with Crippen molar-refractivity contribution in [1.82, 2.24) is 9.13 Å². The number of methoxy groups -OCH3 is 1. The molecular formula is C30H53N3O10SSi2. The highest BCUT2D eigenvalue weighted by Crippen LogP contribution is 2.52. The lowest BCUT2D eigenvalue weighted by atomic mass is 9.89. The van der Waals surface area contributed by atoms with Crippen molar-refractivity contribution in [2.24, 2.45) is 5.73 Å². The lowest BCUT2D eigenvalue weighted by Gasteiger charge is -2.43. The molecule has 0 aliphatic carbocycles. The van der Waals surface area contributed by atoms with Crippen LogP contribution in [0.5, 0.6) is 0 Å². The van der Waals surface area contributed by atoms with Gasteiger partial charge in [-0.1, -0.05) is 41.5 Å². The summed E-state index contributed by atoms with van der Waals surface area (Å²) in [6.45, 7) is 22.0. The Morgan fingerprint density at radius 3 is 2.13 bits per heavy atom. The van der Waals surface area contributed by atoms with Gasteiger partial charge in [-0.05, 0) is 56.0 Å². The van der Waals surface area contributed by atoms with E-state index in [1.807, 2.05) is 33.9 Å². The fraction of sp³-hybridized carbons (Fsp3) is 0.767. The van der Waals surface area contributed by atoms with Crippen LogP contribution in [0.3, 0.4) is 0 Å². The molecule has 0 radical (unpaired) electrons. The molecule has 46 heavy (non-hydrogen) atoms. The summed E-state index contributed by atoms with van der Waals surface area (Å²) in [6, 6.07) is 0. The predicted octanol–water partition coefficient (Wildman–Crippen LogP) is 3.87. The van der Waals surface area contributed by atoms with E-state index in [1.165, 1.54) is 17.9 Å². The molecule has 4 atom stereocenters. The third-order valence-corrected chi connectivity index (χ3v) is 20.0. The highest BCUT2D eigenvalue weighted by molar-refractivity contribution is 7.90. The van der Waals surface area contributed by atoms with Crippen LogP contribution < -0.4 is 17.0 Å². The second-order valence-electron chi connectivity index (χ2n) is 15.3. The number of carbonyl (C=O) groups excluding carboxylic acids is 1. The summed E-state index contributed by atoms with van der Waals surface area (Å²) < 4.78 is 59.1. The number of unbranched alkanes of at least 4 members (excludes halogenated alkanes) is 1. The molecule has 4 unspecified atom stereocenters. The van der Waals surface area contributed by atoms with Crippen LogP contribution >= 0.6 is 0 Å². The minimum Gasteiger partial charge on any atom is -0.469 e. The fourth-order valence-electron chi connectivity index (χ4n) is 4.99. The molecule has 0 amide bonds. The molecule has 0 saturated carbocycles. The maximum Gasteiger partial charge on any atom is 0.333 e. The van der Waals surface area contributed by atoms with Crippen molar-refractivity contribution in [3.8, 4) is 0 Å². The molecule has 0 bridgehead atoms. The standard InChI is InChI=1S/C30H53N3O10SSi2/c1-20-17-33(27(36)32(25(20)35)16-14-13-15-23(34)39-8)26-24(42-46(11,12)29(5,6)7)30(21(31)19-44(37,38)43-30)22(41-26)18-40-45(9,10)28(2,3)4/h17,19,22,24,26H,13-16,18,31H2,1-12H3. The highest BCUT2D eigenvalue weighted by Gasteiger charge is 2.67. The van der Waals surface area contributed by atoms with Gasteiger partial charge >= 0.3 is 11.7 Å². The molecule has 1 saturated heterocycles. The number of hydrogen-bond donors (Lipinski definition) is 1. The van der Waals surface area contributed by atoms with Crippen LogP contribution in [0.25, 0.3) is 0 Å². The Bertz CT molecular complexity index is 1570. The van der Waals surface area contributed by atoms with Crippen molar-refractivity contribution >= 4 is 32.7 Å². The molecule has 0 aromatic carbocycles. The molecule has 3 heterocycles. The van der Waals surface area contributed by atoms with E-state index in [9.17, 15) is 22.8 Å². The van der Waals surface area contributed by atoms with Gasteiger partial charge in [0.1, 0.15) is 12.2 Å². The normalized spacial score (nSPS) is 25.2. The number of aromatic nitrogens is 2. The molecule has 3 rings (SSSR count). The van der Waals surface area contributed by atoms with Gasteiger partial charge in [-0.25, -0.2) is 8.98 Å². The molecule has 262 valence electrons. The zero-order valence-electron chi connectivity index (χ0n) is 29.4. The van der Waals surface area contributed by atoms with E-state index in [2.05, 4.69) is 33.9 Å². The minimum atomic E-state index is -4.25. The molecular weight excluding hydrogens is 651 g/mol. The van der Waals surface area contributed by atoms with Crippen molar-refractivity contribution in [2.75, 3.05) is 13.7 Å². The van der Waals surface area contributed by atoms with Gasteiger partial charge in [0, 0.05) is 24.7 Å². The maximum atomic E-state index is 14.1. The molecule has 2 aliphatic rings. The number of rotatable bonds is 11. The Hall–Kier alpha value is -2.09. The molecule has 2 aliphatic heterocycles. The third kappa shape index (κ3) is 7.47. The van der Waals surface area contributed by atoms with Gasteiger partial charge < -0.3 is 24.1 Å². The number of nitrogens with zero attached hydrogens (tertiary/aromatic N) is 2. The summed E-state index contributed by atoms with van der Waals surface area (Å²) in [5.41, 5.74) is 3.72. The van der Waals surface area contributed by atoms with E-state index in [1.54, 1.807) is 6.92 Å². The zero-order valence-corrected chi connectivity index (χ0v) is 32.2. The summed E-state index contributed by atoms with van der Waals surface area (Å²) >= 11 is 0. The van der Waals surface area contributed by atoms with Crippen LogP contribution in [0.1, 0.15) is 72.6 Å². The summed E-state index contributed by atoms with van der Waals surface area (Å²) in [5, 5.41) is 0.372. The van der Waals surface area contributed by atoms with Crippen LogP contribution in [0.15, 0.2) is 26.9 Å². The van der Waals surface area contributed by atoms with Crippen LogP contribution in [0.2, 0.25) is 36.3 Å². The number of esters is 1.